The van der Waals surface area contributed by atoms with Crippen LogP contribution in [-0.4, -0.2) is 27.9 Å². The number of hydrogen-bond donors (Lipinski definition) is 2. The standard InChI is InChI=1S/C19H23FN4O2/c1-24-12-11-21-18(24)17(14-5-2-3-6-15(14)20)23-16(25)7-4-10-22-19(26)13-8-9-13/h2-3,5-6,11-13,17H,4,7-10H2,1H3,(H,22,26)(H,23,25). The number of rotatable bonds is 8. The monoisotopic (exact) mass is 358 g/mol. The summed E-state index contributed by atoms with van der Waals surface area (Å²) in [5.74, 6) is 0.199. The van der Waals surface area contributed by atoms with Gasteiger partial charge in [0.2, 0.25) is 11.8 Å². The molecule has 3 rings (SSSR count). The Kier molecular flexibility index (Phi) is 5.65. The molecule has 0 radical (unpaired) electrons. The van der Waals surface area contributed by atoms with Gasteiger partial charge in [-0.25, -0.2) is 9.37 Å². The van der Waals surface area contributed by atoms with E-state index in [0.29, 0.717) is 24.4 Å². The Hall–Kier alpha value is -2.70. The zero-order valence-corrected chi connectivity index (χ0v) is 14.7. The molecular formula is C19H23FN4O2. The first-order chi connectivity index (χ1) is 12.6. The Morgan fingerprint density at radius 3 is 2.77 bits per heavy atom. The van der Waals surface area contributed by atoms with Crippen LogP contribution in [0.5, 0.6) is 0 Å². The second kappa shape index (κ2) is 8.12. The lowest BCUT2D eigenvalue weighted by atomic mass is 10.0. The van der Waals surface area contributed by atoms with Crippen molar-refractivity contribution >= 4 is 11.8 Å². The second-order valence-corrected chi connectivity index (χ2v) is 6.59. The van der Waals surface area contributed by atoms with E-state index >= 15 is 0 Å². The smallest absolute Gasteiger partial charge is 0.223 e. The van der Waals surface area contributed by atoms with Crippen LogP contribution < -0.4 is 10.6 Å². The number of aryl methyl sites for hydroxylation is 1. The van der Waals surface area contributed by atoms with Crippen LogP contribution in [0.25, 0.3) is 0 Å². The molecule has 7 heteroatoms. The molecular weight excluding hydrogens is 335 g/mol. The lowest BCUT2D eigenvalue weighted by Gasteiger charge is -2.19. The minimum atomic E-state index is -0.662. The summed E-state index contributed by atoms with van der Waals surface area (Å²) >= 11 is 0. The molecule has 2 aromatic rings. The number of amides is 2. The molecule has 2 amide bonds. The van der Waals surface area contributed by atoms with E-state index in [4.69, 9.17) is 0 Å². The number of carbonyl (C=O) groups excluding carboxylic acids is 2. The molecule has 138 valence electrons. The van der Waals surface area contributed by atoms with E-state index in [1.807, 2.05) is 0 Å². The number of benzene rings is 1. The summed E-state index contributed by atoms with van der Waals surface area (Å²) in [7, 11) is 1.80. The molecule has 1 aliphatic carbocycles. The highest BCUT2D eigenvalue weighted by Gasteiger charge is 2.29. The molecule has 1 aliphatic rings. The molecule has 2 N–H and O–H groups in total. The normalized spacial score (nSPS) is 14.7. The van der Waals surface area contributed by atoms with Gasteiger partial charge in [0, 0.05) is 43.9 Å². The Morgan fingerprint density at radius 2 is 2.12 bits per heavy atom. The lowest BCUT2D eigenvalue weighted by molar-refractivity contribution is -0.123. The maximum Gasteiger partial charge on any atom is 0.223 e. The predicted molar refractivity (Wildman–Crippen MR) is 94.6 cm³/mol. The molecule has 1 aromatic heterocycles. The number of halogens is 1. The Labute approximate surface area is 151 Å². The Bertz CT molecular complexity index is 785. The third kappa shape index (κ3) is 4.47. The summed E-state index contributed by atoms with van der Waals surface area (Å²) in [6, 6.07) is 5.69. The molecule has 0 saturated heterocycles. The number of imidazole rings is 1. The van der Waals surface area contributed by atoms with Crippen molar-refractivity contribution in [3.05, 3.63) is 53.9 Å². The van der Waals surface area contributed by atoms with Crippen LogP contribution in [0.4, 0.5) is 4.39 Å². The van der Waals surface area contributed by atoms with E-state index in [1.165, 1.54) is 6.07 Å². The zero-order valence-electron chi connectivity index (χ0n) is 14.7. The first-order valence-corrected chi connectivity index (χ1v) is 8.85. The summed E-state index contributed by atoms with van der Waals surface area (Å²) < 4.78 is 16.0. The van der Waals surface area contributed by atoms with Gasteiger partial charge in [0.25, 0.3) is 0 Å². The highest BCUT2D eigenvalue weighted by atomic mass is 19.1. The molecule has 6 nitrogen and oxygen atoms in total. The molecule has 1 unspecified atom stereocenters. The fourth-order valence-electron chi connectivity index (χ4n) is 2.83. The van der Waals surface area contributed by atoms with Gasteiger partial charge in [-0.1, -0.05) is 18.2 Å². The van der Waals surface area contributed by atoms with Gasteiger partial charge in [0.1, 0.15) is 17.7 Å². The minimum absolute atomic E-state index is 0.0719. The third-order valence-electron chi connectivity index (χ3n) is 4.47. The number of carbonyl (C=O) groups is 2. The minimum Gasteiger partial charge on any atom is -0.356 e. The summed E-state index contributed by atoms with van der Waals surface area (Å²) in [6.07, 6.45) is 6.07. The highest BCUT2D eigenvalue weighted by Crippen LogP contribution is 2.28. The number of nitrogens with one attached hydrogen (secondary N) is 2. The molecule has 0 bridgehead atoms. The molecule has 1 saturated carbocycles. The molecule has 1 atom stereocenters. The van der Waals surface area contributed by atoms with Gasteiger partial charge in [0.15, 0.2) is 0 Å². The van der Waals surface area contributed by atoms with Crippen molar-refractivity contribution in [2.75, 3.05) is 6.54 Å². The molecule has 1 fully saturated rings. The van der Waals surface area contributed by atoms with E-state index in [1.54, 1.807) is 42.2 Å². The summed E-state index contributed by atoms with van der Waals surface area (Å²) in [4.78, 5) is 28.2. The van der Waals surface area contributed by atoms with Gasteiger partial charge >= 0.3 is 0 Å². The Balaban J connectivity index is 1.60. The van der Waals surface area contributed by atoms with Crippen molar-refractivity contribution in [1.29, 1.82) is 0 Å². The van der Waals surface area contributed by atoms with Gasteiger partial charge in [-0.3, -0.25) is 9.59 Å². The fourth-order valence-corrected chi connectivity index (χ4v) is 2.83. The number of nitrogens with zero attached hydrogens (tertiary/aromatic N) is 2. The van der Waals surface area contributed by atoms with Crippen molar-refractivity contribution < 1.29 is 14.0 Å². The number of hydrogen-bond acceptors (Lipinski definition) is 3. The highest BCUT2D eigenvalue weighted by molar-refractivity contribution is 5.81. The van der Waals surface area contributed by atoms with Crippen LogP contribution in [0.1, 0.15) is 43.1 Å². The second-order valence-electron chi connectivity index (χ2n) is 6.59. The summed E-state index contributed by atoms with van der Waals surface area (Å²) in [5, 5.41) is 5.70. The van der Waals surface area contributed by atoms with Crippen LogP contribution in [0.15, 0.2) is 36.7 Å². The van der Waals surface area contributed by atoms with Crippen LogP contribution in [-0.2, 0) is 16.6 Å². The third-order valence-corrected chi connectivity index (χ3v) is 4.47. The van der Waals surface area contributed by atoms with E-state index < -0.39 is 11.9 Å². The van der Waals surface area contributed by atoms with Gasteiger partial charge in [-0.05, 0) is 25.3 Å². The van der Waals surface area contributed by atoms with Crippen LogP contribution in [0.3, 0.4) is 0 Å². The molecule has 26 heavy (non-hydrogen) atoms. The molecule has 1 aromatic carbocycles. The lowest BCUT2D eigenvalue weighted by Crippen LogP contribution is -2.32. The van der Waals surface area contributed by atoms with Gasteiger partial charge in [0.05, 0.1) is 0 Å². The van der Waals surface area contributed by atoms with Crippen molar-refractivity contribution in [2.24, 2.45) is 13.0 Å². The largest absolute Gasteiger partial charge is 0.356 e. The van der Waals surface area contributed by atoms with Crippen molar-refractivity contribution in [3.63, 3.8) is 0 Å². The van der Waals surface area contributed by atoms with Gasteiger partial charge < -0.3 is 15.2 Å². The quantitative estimate of drug-likeness (QED) is 0.710. The molecule has 0 spiro atoms. The van der Waals surface area contributed by atoms with E-state index in [0.717, 1.165) is 12.8 Å². The first kappa shape index (κ1) is 18.1. The molecule has 1 heterocycles. The summed E-state index contributed by atoms with van der Waals surface area (Å²) in [6.45, 7) is 0.468. The average molecular weight is 358 g/mol. The van der Waals surface area contributed by atoms with Gasteiger partial charge in [-0.2, -0.15) is 0 Å². The molecule has 0 aliphatic heterocycles. The maximum absolute atomic E-state index is 14.3. The van der Waals surface area contributed by atoms with Crippen LogP contribution >= 0.6 is 0 Å². The zero-order chi connectivity index (χ0) is 18.5. The first-order valence-electron chi connectivity index (χ1n) is 8.85. The van der Waals surface area contributed by atoms with Crippen molar-refractivity contribution in [3.8, 4) is 0 Å². The van der Waals surface area contributed by atoms with Crippen molar-refractivity contribution in [1.82, 2.24) is 20.2 Å². The van der Waals surface area contributed by atoms with Crippen molar-refractivity contribution in [2.45, 2.75) is 31.7 Å². The topological polar surface area (TPSA) is 76.0 Å². The Morgan fingerprint density at radius 1 is 1.35 bits per heavy atom. The van der Waals surface area contributed by atoms with Gasteiger partial charge in [-0.15, -0.1) is 0 Å². The van der Waals surface area contributed by atoms with E-state index in [2.05, 4.69) is 15.6 Å². The predicted octanol–water partition coefficient (Wildman–Crippen LogP) is 2.07. The van der Waals surface area contributed by atoms with Crippen LogP contribution in [0, 0.1) is 11.7 Å². The van der Waals surface area contributed by atoms with Crippen LogP contribution in [0.2, 0.25) is 0 Å². The van der Waals surface area contributed by atoms with E-state index in [-0.39, 0.29) is 24.2 Å². The SMILES string of the molecule is Cn1ccnc1C(NC(=O)CCCNC(=O)C1CC1)c1ccccc1F. The average Bonchev–Trinajstić information content (AvgIpc) is 3.39. The maximum atomic E-state index is 14.3. The fraction of sp³-hybridized carbons (Fsp3) is 0.421. The summed E-state index contributed by atoms with van der Waals surface area (Å²) in [5.41, 5.74) is 0.372. The number of aromatic nitrogens is 2. The van der Waals surface area contributed by atoms with E-state index in [9.17, 15) is 14.0 Å².